The number of anilines is 2. The van der Waals surface area contributed by atoms with Crippen LogP contribution in [-0.2, 0) is 6.18 Å². The zero-order valence-corrected chi connectivity index (χ0v) is 22.1. The van der Waals surface area contributed by atoms with E-state index >= 15 is 0 Å². The molecule has 3 N–H and O–H groups in total. The van der Waals surface area contributed by atoms with E-state index in [4.69, 9.17) is 5.73 Å². The summed E-state index contributed by atoms with van der Waals surface area (Å²) >= 11 is 0. The Morgan fingerprint density at radius 2 is 1.77 bits per heavy atom. The summed E-state index contributed by atoms with van der Waals surface area (Å²) in [6.07, 6.45) is 6.98. The van der Waals surface area contributed by atoms with Crippen LogP contribution in [-0.4, -0.2) is 39.5 Å². The fourth-order valence-electron chi connectivity index (χ4n) is 7.06. The van der Waals surface area contributed by atoms with E-state index in [1.807, 2.05) is 24.3 Å². The first kappa shape index (κ1) is 26.5. The van der Waals surface area contributed by atoms with E-state index in [2.05, 4.69) is 25.2 Å². The van der Waals surface area contributed by atoms with Gasteiger partial charge in [0.2, 0.25) is 11.9 Å². The number of hydrogen-bond donors (Lipinski definition) is 2. The molecule has 5 atom stereocenters. The molecule has 2 aromatic heterocycles. The average Bonchev–Trinajstić information content (AvgIpc) is 3.55. The van der Waals surface area contributed by atoms with Gasteiger partial charge in [0.25, 0.3) is 0 Å². The van der Waals surface area contributed by atoms with E-state index in [0.717, 1.165) is 74.4 Å². The predicted molar refractivity (Wildman–Crippen MR) is 147 cm³/mol. The Balaban J connectivity index is 1.14. The molecule has 1 aromatic carbocycles. The smallest absolute Gasteiger partial charge is 0.367 e. The summed E-state index contributed by atoms with van der Waals surface area (Å²) in [5.41, 5.74) is 7.00. The summed E-state index contributed by atoms with van der Waals surface area (Å²) in [4.78, 5) is 26.6. The molecule has 210 valence electrons. The minimum absolute atomic E-state index is 0.267. The highest BCUT2D eigenvalue weighted by atomic mass is 19.4. The number of amides is 1. The maximum absolute atomic E-state index is 13.0. The third kappa shape index (κ3) is 5.48. The molecule has 3 heterocycles. The molecule has 1 aliphatic heterocycles. The maximum atomic E-state index is 13.0. The summed E-state index contributed by atoms with van der Waals surface area (Å²) < 4.78 is 39.0. The zero-order chi connectivity index (χ0) is 27.9. The molecule has 6 rings (SSSR count). The number of hydrogen-bond acceptors (Lipinski definition) is 6. The SMILES string of the molecule is NC(=O)c1cccc(-c2ccnc(N[C@@H]3CCCC[C@H]3C[C@H]3C[C@@H]4C[C@H]3N(c3ncc(C(F)(F)F)cn3)C4)c2)c1. The fourth-order valence-corrected chi connectivity index (χ4v) is 7.06. The number of piperidine rings is 1. The van der Waals surface area contributed by atoms with Crippen molar-refractivity contribution in [2.75, 3.05) is 16.8 Å². The second kappa shape index (κ2) is 10.7. The average molecular weight is 551 g/mol. The monoisotopic (exact) mass is 550 g/mol. The van der Waals surface area contributed by atoms with Crippen molar-refractivity contribution in [1.29, 1.82) is 0 Å². The lowest BCUT2D eigenvalue weighted by molar-refractivity contribution is -0.138. The van der Waals surface area contributed by atoms with Crippen LogP contribution in [0.5, 0.6) is 0 Å². The molecule has 40 heavy (non-hydrogen) atoms. The number of benzene rings is 1. The van der Waals surface area contributed by atoms with Gasteiger partial charge in [0.15, 0.2) is 0 Å². The Morgan fingerprint density at radius 3 is 2.52 bits per heavy atom. The Hall–Kier alpha value is -3.69. The van der Waals surface area contributed by atoms with Crippen LogP contribution in [0.3, 0.4) is 0 Å². The standard InChI is InChI=1S/C30H33F3N6O/c31-30(32,33)24-15-36-29(37-16-24)39-17-18-10-23(26(39)11-18)13-21-4-1-2-7-25(21)38-27-14-20(8-9-35-27)19-5-3-6-22(12-19)28(34)40/h3,5-6,8-9,12,14-16,18,21,23,25-26H,1-2,4,7,10-11,13,17H2,(H2,34,40)(H,35,38)/t18-,21+,23-,25-,26-/m1/s1. The highest BCUT2D eigenvalue weighted by Crippen LogP contribution is 2.47. The van der Waals surface area contributed by atoms with Crippen LogP contribution < -0.4 is 16.0 Å². The van der Waals surface area contributed by atoms with Gasteiger partial charge in [-0.05, 0) is 85.3 Å². The summed E-state index contributed by atoms with van der Waals surface area (Å²) in [7, 11) is 0. The molecule has 0 spiro atoms. The predicted octanol–water partition coefficient (Wildman–Crippen LogP) is 5.93. The number of pyridine rings is 1. The molecule has 0 radical (unpaired) electrons. The summed E-state index contributed by atoms with van der Waals surface area (Å²) in [6.45, 7) is 0.812. The molecule has 1 amide bonds. The van der Waals surface area contributed by atoms with E-state index in [-0.39, 0.29) is 6.04 Å². The molecule has 3 aromatic rings. The molecule has 0 unspecified atom stereocenters. The number of carbonyl (C=O) groups excluding carboxylic acids is 1. The van der Waals surface area contributed by atoms with Gasteiger partial charge in [-0.1, -0.05) is 25.0 Å². The fraction of sp³-hybridized carbons (Fsp3) is 0.467. The molecule has 10 heteroatoms. The number of fused-ring (bicyclic) bond motifs is 2. The topological polar surface area (TPSA) is 97.0 Å². The van der Waals surface area contributed by atoms with Gasteiger partial charge in [0.1, 0.15) is 5.82 Å². The highest BCUT2D eigenvalue weighted by molar-refractivity contribution is 5.94. The first-order valence-electron chi connectivity index (χ1n) is 14.0. The van der Waals surface area contributed by atoms with Crippen LogP contribution >= 0.6 is 0 Å². The number of rotatable bonds is 7. The molecule has 3 aliphatic rings. The van der Waals surface area contributed by atoms with Crippen molar-refractivity contribution < 1.29 is 18.0 Å². The Morgan fingerprint density at radius 1 is 1.00 bits per heavy atom. The van der Waals surface area contributed by atoms with Crippen molar-refractivity contribution >= 4 is 17.7 Å². The molecule has 2 saturated carbocycles. The molecular weight excluding hydrogens is 517 g/mol. The van der Waals surface area contributed by atoms with Crippen molar-refractivity contribution in [1.82, 2.24) is 15.0 Å². The minimum Gasteiger partial charge on any atom is -0.367 e. The molecule has 7 nitrogen and oxygen atoms in total. The number of alkyl halides is 3. The third-order valence-corrected chi connectivity index (χ3v) is 8.92. The number of halogens is 3. The van der Waals surface area contributed by atoms with Crippen molar-refractivity contribution in [3.63, 3.8) is 0 Å². The summed E-state index contributed by atoms with van der Waals surface area (Å²) in [5, 5.41) is 3.71. The Kier molecular flexibility index (Phi) is 7.10. The van der Waals surface area contributed by atoms with Crippen LogP contribution in [0, 0.1) is 17.8 Å². The first-order chi connectivity index (χ1) is 19.2. The van der Waals surface area contributed by atoms with Gasteiger partial charge in [0, 0.05) is 42.8 Å². The van der Waals surface area contributed by atoms with Crippen molar-refractivity contribution in [3.8, 4) is 11.1 Å². The van der Waals surface area contributed by atoms with Crippen molar-refractivity contribution in [2.45, 2.75) is 63.2 Å². The van der Waals surface area contributed by atoms with E-state index in [1.165, 1.54) is 6.42 Å². The number of nitrogens with one attached hydrogen (secondary N) is 1. The van der Waals surface area contributed by atoms with Gasteiger partial charge in [-0.2, -0.15) is 13.2 Å². The quantitative estimate of drug-likeness (QED) is 0.378. The number of nitrogens with two attached hydrogens (primary N) is 1. The van der Waals surface area contributed by atoms with Gasteiger partial charge >= 0.3 is 6.18 Å². The van der Waals surface area contributed by atoms with Gasteiger partial charge in [-0.15, -0.1) is 0 Å². The van der Waals surface area contributed by atoms with Gasteiger partial charge in [0.05, 0.1) is 5.56 Å². The van der Waals surface area contributed by atoms with Crippen LogP contribution in [0.4, 0.5) is 24.9 Å². The minimum atomic E-state index is -4.43. The Bertz CT molecular complexity index is 1360. The van der Waals surface area contributed by atoms with Crippen LogP contribution in [0.2, 0.25) is 0 Å². The van der Waals surface area contributed by atoms with E-state index in [1.54, 1.807) is 18.3 Å². The van der Waals surface area contributed by atoms with Crippen LogP contribution in [0.25, 0.3) is 11.1 Å². The number of carbonyl (C=O) groups is 1. The Labute approximate surface area is 231 Å². The first-order valence-corrected chi connectivity index (χ1v) is 14.0. The van der Waals surface area contributed by atoms with E-state index in [0.29, 0.717) is 35.3 Å². The second-order valence-electron chi connectivity index (χ2n) is 11.5. The summed E-state index contributed by atoms with van der Waals surface area (Å²) in [6, 6.07) is 11.8. The molecule has 3 fully saturated rings. The van der Waals surface area contributed by atoms with Gasteiger partial charge < -0.3 is 16.0 Å². The number of nitrogens with zero attached hydrogens (tertiary/aromatic N) is 4. The lowest BCUT2D eigenvalue weighted by Crippen LogP contribution is -2.42. The second-order valence-corrected chi connectivity index (χ2v) is 11.5. The third-order valence-electron chi connectivity index (χ3n) is 8.92. The van der Waals surface area contributed by atoms with Crippen LogP contribution in [0.1, 0.15) is 60.9 Å². The molecular formula is C30H33F3N6O. The van der Waals surface area contributed by atoms with E-state index in [9.17, 15) is 18.0 Å². The largest absolute Gasteiger partial charge is 0.419 e. The lowest BCUT2D eigenvalue weighted by Gasteiger charge is -2.39. The zero-order valence-electron chi connectivity index (χ0n) is 22.1. The van der Waals surface area contributed by atoms with Crippen molar-refractivity contribution in [2.24, 2.45) is 23.5 Å². The van der Waals surface area contributed by atoms with Crippen LogP contribution in [0.15, 0.2) is 55.0 Å². The normalized spacial score (nSPS) is 26.2. The van der Waals surface area contributed by atoms with E-state index < -0.39 is 17.6 Å². The molecule has 2 bridgehead atoms. The highest BCUT2D eigenvalue weighted by Gasteiger charge is 2.47. The number of primary amides is 1. The molecule has 2 aliphatic carbocycles. The maximum Gasteiger partial charge on any atom is 0.419 e. The molecule has 1 saturated heterocycles. The lowest BCUT2D eigenvalue weighted by atomic mass is 9.77. The number of aromatic nitrogens is 3. The van der Waals surface area contributed by atoms with Gasteiger partial charge in [-0.3, -0.25) is 4.79 Å². The van der Waals surface area contributed by atoms with Gasteiger partial charge in [-0.25, -0.2) is 15.0 Å². The summed E-state index contributed by atoms with van der Waals surface area (Å²) in [5.74, 6) is 2.25. The van der Waals surface area contributed by atoms with Crippen molar-refractivity contribution in [3.05, 3.63) is 66.1 Å².